The van der Waals surface area contributed by atoms with Crippen LogP contribution >= 0.6 is 0 Å². The Morgan fingerprint density at radius 2 is 2.23 bits per heavy atom. The lowest BCUT2D eigenvalue weighted by Crippen LogP contribution is -2.43. The number of rotatable bonds is 4. The van der Waals surface area contributed by atoms with Crippen LogP contribution in [0.3, 0.4) is 0 Å². The number of hydrogen-bond acceptors (Lipinski definition) is 4. The zero-order valence-electron chi connectivity index (χ0n) is 14.9. The second kappa shape index (κ2) is 6.57. The van der Waals surface area contributed by atoms with Crippen molar-refractivity contribution in [3.05, 3.63) is 46.4 Å². The lowest BCUT2D eigenvalue weighted by molar-refractivity contribution is -0.130. The number of para-hydroxylation sites is 1. The molecule has 4 rings (SSSR count). The third-order valence-electron chi connectivity index (χ3n) is 4.80. The number of hydrogen-bond donors (Lipinski definition) is 1. The van der Waals surface area contributed by atoms with Gasteiger partial charge < -0.3 is 10.1 Å². The summed E-state index contributed by atoms with van der Waals surface area (Å²) >= 11 is 0. The highest BCUT2D eigenvalue weighted by Crippen LogP contribution is 2.18. The molecule has 2 atom stereocenters. The first-order valence-electron chi connectivity index (χ1n) is 8.94. The molecule has 2 aromatic heterocycles. The summed E-state index contributed by atoms with van der Waals surface area (Å²) in [7, 11) is 0. The summed E-state index contributed by atoms with van der Waals surface area (Å²) in [5.74, 6) is -0.117. The molecule has 0 bridgehead atoms. The van der Waals surface area contributed by atoms with Crippen molar-refractivity contribution in [2.45, 2.75) is 45.4 Å². The summed E-state index contributed by atoms with van der Waals surface area (Å²) in [4.78, 5) is 25.1. The molecule has 0 radical (unpaired) electrons. The molecule has 7 nitrogen and oxygen atoms in total. The van der Waals surface area contributed by atoms with E-state index in [-0.39, 0.29) is 23.7 Å². The third kappa shape index (κ3) is 2.88. The van der Waals surface area contributed by atoms with Crippen LogP contribution in [0.15, 0.2) is 35.1 Å². The van der Waals surface area contributed by atoms with Crippen LogP contribution in [-0.2, 0) is 16.1 Å². The lowest BCUT2D eigenvalue weighted by Gasteiger charge is -2.16. The van der Waals surface area contributed by atoms with Gasteiger partial charge in [0, 0.05) is 12.6 Å². The van der Waals surface area contributed by atoms with Crippen molar-refractivity contribution in [3.8, 4) is 0 Å². The summed E-state index contributed by atoms with van der Waals surface area (Å²) in [5.41, 5.74) is 2.22. The Kier molecular flexibility index (Phi) is 4.24. The van der Waals surface area contributed by atoms with E-state index in [1.165, 1.54) is 4.68 Å². The van der Waals surface area contributed by atoms with Gasteiger partial charge in [-0.15, -0.1) is 5.10 Å². The SMILES string of the molecule is Cc1cc2ccccc2n2c(=O)n(C[C@@H](C)NC(=O)[C@@H]3CCCO3)nc12. The highest BCUT2D eigenvalue weighted by Gasteiger charge is 2.25. The maximum atomic E-state index is 12.9. The van der Waals surface area contributed by atoms with Crippen molar-refractivity contribution < 1.29 is 9.53 Å². The van der Waals surface area contributed by atoms with Crippen molar-refractivity contribution in [1.82, 2.24) is 19.5 Å². The van der Waals surface area contributed by atoms with Crippen LogP contribution in [0.4, 0.5) is 0 Å². The molecular formula is C19H22N4O3. The number of carbonyl (C=O) groups excluding carboxylic acids is 1. The molecule has 0 unspecified atom stereocenters. The minimum atomic E-state index is -0.374. The van der Waals surface area contributed by atoms with E-state index in [0.717, 1.165) is 29.3 Å². The van der Waals surface area contributed by atoms with E-state index in [1.807, 2.05) is 44.2 Å². The molecule has 26 heavy (non-hydrogen) atoms. The molecule has 7 heteroatoms. The van der Waals surface area contributed by atoms with Gasteiger partial charge in [0.05, 0.1) is 12.1 Å². The van der Waals surface area contributed by atoms with Crippen LogP contribution in [0, 0.1) is 6.92 Å². The van der Waals surface area contributed by atoms with Crippen molar-refractivity contribution in [2.75, 3.05) is 6.61 Å². The lowest BCUT2D eigenvalue weighted by atomic mass is 10.1. The molecule has 0 aliphatic carbocycles. The van der Waals surface area contributed by atoms with E-state index in [2.05, 4.69) is 10.4 Å². The number of carbonyl (C=O) groups is 1. The Morgan fingerprint density at radius 3 is 3.00 bits per heavy atom. The van der Waals surface area contributed by atoms with Crippen LogP contribution in [0.25, 0.3) is 16.6 Å². The number of fused-ring (bicyclic) bond motifs is 3. The minimum Gasteiger partial charge on any atom is -0.368 e. The first kappa shape index (κ1) is 16.8. The molecule has 3 aromatic rings. The average molecular weight is 354 g/mol. The number of benzene rings is 1. The fourth-order valence-electron chi connectivity index (χ4n) is 3.54. The zero-order chi connectivity index (χ0) is 18.3. The highest BCUT2D eigenvalue weighted by atomic mass is 16.5. The molecule has 1 fully saturated rings. The predicted octanol–water partition coefficient (Wildman–Crippen LogP) is 1.64. The maximum Gasteiger partial charge on any atom is 0.350 e. The maximum absolute atomic E-state index is 12.9. The molecule has 1 saturated heterocycles. The number of pyridine rings is 1. The van der Waals surface area contributed by atoms with Gasteiger partial charge in [0.2, 0.25) is 5.91 Å². The molecule has 1 aliphatic rings. The van der Waals surface area contributed by atoms with Crippen molar-refractivity contribution in [2.24, 2.45) is 0 Å². The summed E-state index contributed by atoms with van der Waals surface area (Å²) in [5, 5.41) is 8.41. The second-order valence-corrected chi connectivity index (χ2v) is 6.92. The predicted molar refractivity (Wildman–Crippen MR) is 98.3 cm³/mol. The monoisotopic (exact) mass is 354 g/mol. The number of nitrogens with zero attached hydrogens (tertiary/aromatic N) is 3. The summed E-state index contributed by atoms with van der Waals surface area (Å²) in [6.45, 7) is 4.76. The zero-order valence-corrected chi connectivity index (χ0v) is 14.9. The van der Waals surface area contributed by atoms with E-state index in [4.69, 9.17) is 4.74 Å². The normalized spacial score (nSPS) is 18.5. The minimum absolute atomic E-state index is 0.117. The van der Waals surface area contributed by atoms with Crippen LogP contribution in [0.5, 0.6) is 0 Å². The largest absolute Gasteiger partial charge is 0.368 e. The van der Waals surface area contributed by atoms with Gasteiger partial charge in [0.1, 0.15) is 6.10 Å². The van der Waals surface area contributed by atoms with E-state index in [1.54, 1.807) is 4.40 Å². The van der Waals surface area contributed by atoms with E-state index in [9.17, 15) is 9.59 Å². The average Bonchev–Trinajstić information content (AvgIpc) is 3.25. The molecular weight excluding hydrogens is 332 g/mol. The van der Waals surface area contributed by atoms with Gasteiger partial charge in [-0.2, -0.15) is 0 Å². The standard InChI is InChI=1S/C19H22N4O3/c1-12-10-14-6-3-4-7-15(14)23-17(12)21-22(19(23)25)11-13(2)20-18(24)16-8-5-9-26-16/h3-4,6-7,10,13,16H,5,8-9,11H2,1-2H3,(H,20,24)/t13-,16+/m1/s1. The van der Waals surface area contributed by atoms with Crippen LogP contribution < -0.4 is 11.0 Å². The smallest absolute Gasteiger partial charge is 0.350 e. The quantitative estimate of drug-likeness (QED) is 0.773. The second-order valence-electron chi connectivity index (χ2n) is 6.92. The molecule has 1 N–H and O–H groups in total. The summed E-state index contributed by atoms with van der Waals surface area (Å²) < 4.78 is 8.47. The van der Waals surface area contributed by atoms with E-state index in [0.29, 0.717) is 18.8 Å². The fraction of sp³-hybridized carbons (Fsp3) is 0.421. The van der Waals surface area contributed by atoms with Gasteiger partial charge in [0.25, 0.3) is 0 Å². The molecule has 1 aromatic carbocycles. The van der Waals surface area contributed by atoms with Crippen LogP contribution in [0.2, 0.25) is 0 Å². The number of ether oxygens (including phenoxy) is 1. The van der Waals surface area contributed by atoms with Crippen molar-refractivity contribution >= 4 is 22.5 Å². The van der Waals surface area contributed by atoms with Gasteiger partial charge in [-0.3, -0.25) is 4.79 Å². The molecule has 0 spiro atoms. The topological polar surface area (TPSA) is 77.6 Å². The Hall–Kier alpha value is -2.67. The summed E-state index contributed by atoms with van der Waals surface area (Å²) in [6, 6.07) is 9.57. The van der Waals surface area contributed by atoms with E-state index < -0.39 is 0 Å². The molecule has 1 aliphatic heterocycles. The Bertz CT molecular complexity index is 1030. The highest BCUT2D eigenvalue weighted by molar-refractivity contribution is 5.83. The number of nitrogens with one attached hydrogen (secondary N) is 1. The number of aromatic nitrogens is 3. The van der Waals surface area contributed by atoms with Gasteiger partial charge in [-0.1, -0.05) is 18.2 Å². The Morgan fingerprint density at radius 1 is 1.42 bits per heavy atom. The van der Waals surface area contributed by atoms with Gasteiger partial charge in [0.15, 0.2) is 5.65 Å². The van der Waals surface area contributed by atoms with Crippen LogP contribution in [0.1, 0.15) is 25.3 Å². The fourth-order valence-corrected chi connectivity index (χ4v) is 3.54. The third-order valence-corrected chi connectivity index (χ3v) is 4.80. The van der Waals surface area contributed by atoms with Crippen molar-refractivity contribution in [3.63, 3.8) is 0 Å². The van der Waals surface area contributed by atoms with Gasteiger partial charge >= 0.3 is 5.69 Å². The summed E-state index contributed by atoms with van der Waals surface area (Å²) in [6.07, 6.45) is 1.28. The molecule has 0 saturated carbocycles. The first-order valence-corrected chi connectivity index (χ1v) is 8.94. The number of amides is 1. The molecule has 3 heterocycles. The molecule has 1 amide bonds. The Balaban J connectivity index is 1.63. The Labute approximate surface area is 150 Å². The first-order chi connectivity index (χ1) is 12.5. The van der Waals surface area contributed by atoms with Gasteiger partial charge in [-0.05, 0) is 49.8 Å². The molecule has 136 valence electrons. The van der Waals surface area contributed by atoms with Crippen LogP contribution in [-0.4, -0.2) is 38.8 Å². The van der Waals surface area contributed by atoms with Crippen molar-refractivity contribution in [1.29, 1.82) is 0 Å². The number of aryl methyl sites for hydroxylation is 1. The van der Waals surface area contributed by atoms with E-state index >= 15 is 0 Å². The van der Waals surface area contributed by atoms with Gasteiger partial charge in [-0.25, -0.2) is 13.9 Å².